The van der Waals surface area contributed by atoms with Crippen molar-refractivity contribution in [1.29, 1.82) is 0 Å². The summed E-state index contributed by atoms with van der Waals surface area (Å²) in [4.78, 5) is 2.23. The van der Waals surface area contributed by atoms with Crippen LogP contribution in [-0.2, 0) is 12.8 Å². The topological polar surface area (TPSA) is 29.3 Å². The van der Waals surface area contributed by atoms with E-state index in [4.69, 9.17) is 5.73 Å². The first-order valence-corrected chi connectivity index (χ1v) is 7.28. The van der Waals surface area contributed by atoms with Gasteiger partial charge in [0.25, 0.3) is 0 Å². The Hall–Kier alpha value is -1.80. The Balaban J connectivity index is 1.91. The molecule has 20 heavy (non-hydrogen) atoms. The predicted molar refractivity (Wildman–Crippen MR) is 87.2 cm³/mol. The van der Waals surface area contributed by atoms with Crippen molar-refractivity contribution in [3.05, 3.63) is 65.7 Å². The molecule has 0 bridgehead atoms. The van der Waals surface area contributed by atoms with E-state index in [1.165, 1.54) is 16.8 Å². The number of aryl methyl sites for hydroxylation is 1. The molecule has 2 N–H and O–H groups in total. The second kappa shape index (κ2) is 7.11. The van der Waals surface area contributed by atoms with Gasteiger partial charge in [-0.1, -0.05) is 49.4 Å². The summed E-state index contributed by atoms with van der Waals surface area (Å²) in [6.45, 7) is 3.04. The molecule has 2 aromatic rings. The molecule has 1 unspecified atom stereocenters. The van der Waals surface area contributed by atoms with Crippen molar-refractivity contribution < 1.29 is 0 Å². The standard InChI is InChI=1S/C18H24N2/c1-3-15-9-11-18(12-10-15)20(2)14-17(19)13-16-7-5-4-6-8-16/h4-12,17H,3,13-14,19H2,1-2H3. The van der Waals surface area contributed by atoms with E-state index in [0.29, 0.717) is 0 Å². The van der Waals surface area contributed by atoms with Crippen molar-refractivity contribution >= 4 is 5.69 Å². The summed E-state index contributed by atoms with van der Waals surface area (Å²) in [5.74, 6) is 0. The molecule has 0 saturated heterocycles. The van der Waals surface area contributed by atoms with Crippen LogP contribution in [0.1, 0.15) is 18.1 Å². The van der Waals surface area contributed by atoms with Gasteiger partial charge in [-0.15, -0.1) is 0 Å². The fraction of sp³-hybridized carbons (Fsp3) is 0.333. The third-order valence-corrected chi connectivity index (χ3v) is 3.63. The maximum atomic E-state index is 6.26. The monoisotopic (exact) mass is 268 g/mol. The summed E-state index contributed by atoms with van der Waals surface area (Å²) < 4.78 is 0. The minimum atomic E-state index is 0.147. The van der Waals surface area contributed by atoms with Crippen molar-refractivity contribution in [3.63, 3.8) is 0 Å². The second-order valence-corrected chi connectivity index (χ2v) is 5.35. The van der Waals surface area contributed by atoms with E-state index in [1.807, 2.05) is 6.07 Å². The van der Waals surface area contributed by atoms with E-state index in [9.17, 15) is 0 Å². The van der Waals surface area contributed by atoms with Crippen molar-refractivity contribution in [2.45, 2.75) is 25.8 Å². The van der Waals surface area contributed by atoms with Crippen LogP contribution >= 0.6 is 0 Å². The number of anilines is 1. The maximum absolute atomic E-state index is 6.26. The highest BCUT2D eigenvalue weighted by molar-refractivity contribution is 5.47. The zero-order valence-electron chi connectivity index (χ0n) is 12.4. The summed E-state index contributed by atoms with van der Waals surface area (Å²) in [7, 11) is 2.10. The molecule has 0 aliphatic carbocycles. The van der Waals surface area contributed by atoms with Crippen LogP contribution in [0.4, 0.5) is 5.69 Å². The fourth-order valence-electron chi connectivity index (χ4n) is 2.42. The second-order valence-electron chi connectivity index (χ2n) is 5.35. The summed E-state index contributed by atoms with van der Waals surface area (Å²) in [6, 6.07) is 19.3. The highest BCUT2D eigenvalue weighted by atomic mass is 15.1. The number of nitrogens with zero attached hydrogens (tertiary/aromatic N) is 1. The van der Waals surface area contributed by atoms with Gasteiger partial charge in [0.2, 0.25) is 0 Å². The van der Waals surface area contributed by atoms with Crippen molar-refractivity contribution in [2.24, 2.45) is 5.73 Å². The van der Waals surface area contributed by atoms with Gasteiger partial charge in [0.15, 0.2) is 0 Å². The summed E-state index contributed by atoms with van der Waals surface area (Å²) >= 11 is 0. The molecule has 0 saturated carbocycles. The van der Waals surface area contributed by atoms with Gasteiger partial charge in [0, 0.05) is 25.3 Å². The number of hydrogen-bond acceptors (Lipinski definition) is 2. The van der Waals surface area contributed by atoms with Crippen LogP contribution < -0.4 is 10.6 Å². The lowest BCUT2D eigenvalue weighted by Crippen LogP contribution is -2.36. The Labute approximate surface area is 122 Å². The molecule has 2 aromatic carbocycles. The molecule has 0 amide bonds. The first kappa shape index (κ1) is 14.6. The fourth-order valence-corrected chi connectivity index (χ4v) is 2.42. The van der Waals surface area contributed by atoms with Gasteiger partial charge in [0.05, 0.1) is 0 Å². The number of rotatable bonds is 6. The molecule has 0 heterocycles. The summed E-state index contributed by atoms with van der Waals surface area (Å²) in [6.07, 6.45) is 2.00. The molecule has 0 spiro atoms. The maximum Gasteiger partial charge on any atom is 0.0364 e. The molecule has 2 heteroatoms. The number of benzene rings is 2. The Morgan fingerprint density at radius 2 is 1.60 bits per heavy atom. The van der Waals surface area contributed by atoms with Crippen molar-refractivity contribution in [3.8, 4) is 0 Å². The van der Waals surface area contributed by atoms with E-state index in [-0.39, 0.29) is 6.04 Å². The Morgan fingerprint density at radius 3 is 2.20 bits per heavy atom. The Bertz CT molecular complexity index is 505. The number of nitrogens with two attached hydrogens (primary N) is 1. The normalized spacial score (nSPS) is 12.2. The predicted octanol–water partition coefficient (Wildman–Crippen LogP) is 3.26. The minimum absolute atomic E-state index is 0.147. The molecule has 0 aromatic heterocycles. The SMILES string of the molecule is CCc1ccc(N(C)CC(N)Cc2ccccc2)cc1. The van der Waals surface area contributed by atoms with Crippen LogP contribution in [0.15, 0.2) is 54.6 Å². The number of likely N-dealkylation sites (N-methyl/N-ethyl adjacent to an activating group) is 1. The van der Waals surface area contributed by atoms with Gasteiger partial charge < -0.3 is 10.6 Å². The summed E-state index contributed by atoms with van der Waals surface area (Å²) in [5.41, 5.74) is 10.2. The first-order chi connectivity index (χ1) is 9.69. The van der Waals surface area contributed by atoms with Crippen molar-refractivity contribution in [1.82, 2.24) is 0 Å². The number of hydrogen-bond donors (Lipinski definition) is 1. The molecule has 106 valence electrons. The molecule has 0 aliphatic heterocycles. The van der Waals surface area contributed by atoms with E-state index in [1.54, 1.807) is 0 Å². The van der Waals surface area contributed by atoms with Crippen LogP contribution in [0.2, 0.25) is 0 Å². The largest absolute Gasteiger partial charge is 0.373 e. The van der Waals surface area contributed by atoms with E-state index < -0.39 is 0 Å². The van der Waals surface area contributed by atoms with Gasteiger partial charge in [0.1, 0.15) is 0 Å². The lowest BCUT2D eigenvalue weighted by Gasteiger charge is -2.23. The lowest BCUT2D eigenvalue weighted by atomic mass is 10.1. The molecule has 0 aliphatic rings. The minimum Gasteiger partial charge on any atom is -0.373 e. The molecule has 0 fully saturated rings. The Kier molecular flexibility index (Phi) is 5.19. The third-order valence-electron chi connectivity index (χ3n) is 3.63. The first-order valence-electron chi connectivity index (χ1n) is 7.28. The molecule has 0 radical (unpaired) electrons. The van der Waals surface area contributed by atoms with Crippen LogP contribution in [0.3, 0.4) is 0 Å². The van der Waals surface area contributed by atoms with Crippen LogP contribution in [0.5, 0.6) is 0 Å². The zero-order chi connectivity index (χ0) is 14.4. The van der Waals surface area contributed by atoms with Gasteiger partial charge in [-0.05, 0) is 36.1 Å². The molecule has 1 atom stereocenters. The highest BCUT2D eigenvalue weighted by Gasteiger charge is 2.08. The molecular weight excluding hydrogens is 244 g/mol. The molecule has 2 rings (SSSR count). The van der Waals surface area contributed by atoms with E-state index in [2.05, 4.69) is 67.4 Å². The Morgan fingerprint density at radius 1 is 0.950 bits per heavy atom. The average molecular weight is 268 g/mol. The highest BCUT2D eigenvalue weighted by Crippen LogP contribution is 2.15. The molecule has 2 nitrogen and oxygen atoms in total. The smallest absolute Gasteiger partial charge is 0.0364 e. The van der Waals surface area contributed by atoms with Gasteiger partial charge >= 0.3 is 0 Å². The quantitative estimate of drug-likeness (QED) is 0.871. The average Bonchev–Trinajstić information content (AvgIpc) is 2.48. The lowest BCUT2D eigenvalue weighted by molar-refractivity contribution is 0.655. The van der Waals surface area contributed by atoms with Crippen LogP contribution in [-0.4, -0.2) is 19.6 Å². The molecular formula is C18H24N2. The summed E-state index contributed by atoms with van der Waals surface area (Å²) in [5, 5.41) is 0. The van der Waals surface area contributed by atoms with Crippen LogP contribution in [0.25, 0.3) is 0 Å². The van der Waals surface area contributed by atoms with Crippen molar-refractivity contribution in [2.75, 3.05) is 18.5 Å². The van der Waals surface area contributed by atoms with E-state index >= 15 is 0 Å². The third kappa shape index (κ3) is 4.10. The van der Waals surface area contributed by atoms with Crippen LogP contribution in [0, 0.1) is 0 Å². The zero-order valence-corrected chi connectivity index (χ0v) is 12.4. The van der Waals surface area contributed by atoms with Gasteiger partial charge in [-0.25, -0.2) is 0 Å². The van der Waals surface area contributed by atoms with Gasteiger partial charge in [-0.3, -0.25) is 0 Å². The van der Waals surface area contributed by atoms with Gasteiger partial charge in [-0.2, -0.15) is 0 Å². The van der Waals surface area contributed by atoms with E-state index in [0.717, 1.165) is 19.4 Å².